The molecule has 1 N–H and O–H groups in total. The molecule has 0 unspecified atom stereocenters. The van der Waals surface area contributed by atoms with Gasteiger partial charge in [0, 0.05) is 17.8 Å². The predicted molar refractivity (Wildman–Crippen MR) is 82.4 cm³/mol. The van der Waals surface area contributed by atoms with Gasteiger partial charge in [-0.25, -0.2) is 0 Å². The Morgan fingerprint density at radius 2 is 1.71 bits per heavy atom. The van der Waals surface area contributed by atoms with E-state index in [1.54, 1.807) is 21.3 Å². The van der Waals surface area contributed by atoms with E-state index < -0.39 is 0 Å². The molecule has 0 saturated heterocycles. The van der Waals surface area contributed by atoms with Gasteiger partial charge in [-0.15, -0.1) is 0 Å². The molecule has 2 aromatic rings. The maximum atomic E-state index is 5.46. The molecule has 112 valence electrons. The Bertz CT molecular complexity index is 597. The second kappa shape index (κ2) is 6.83. The zero-order chi connectivity index (χ0) is 15.2. The summed E-state index contributed by atoms with van der Waals surface area (Å²) in [7, 11) is 4.82. The van der Waals surface area contributed by atoms with Gasteiger partial charge in [0.15, 0.2) is 11.5 Å². The van der Waals surface area contributed by atoms with Gasteiger partial charge in [0.05, 0.1) is 33.2 Å². The van der Waals surface area contributed by atoms with E-state index in [9.17, 15) is 0 Å². The molecule has 0 radical (unpaired) electrons. The molecule has 0 atom stereocenters. The number of pyridine rings is 1. The Labute approximate surface area is 124 Å². The van der Waals surface area contributed by atoms with Gasteiger partial charge in [0.25, 0.3) is 0 Å². The van der Waals surface area contributed by atoms with E-state index in [4.69, 9.17) is 14.2 Å². The fraction of sp³-hybridized carbons (Fsp3) is 0.312. The van der Waals surface area contributed by atoms with Crippen LogP contribution in [-0.4, -0.2) is 26.3 Å². The van der Waals surface area contributed by atoms with Crippen LogP contribution >= 0.6 is 0 Å². The first-order valence-electron chi connectivity index (χ1n) is 6.64. The molecule has 2 rings (SSSR count). The normalized spacial score (nSPS) is 10.1. The van der Waals surface area contributed by atoms with Gasteiger partial charge in [-0.1, -0.05) is 0 Å². The highest BCUT2D eigenvalue weighted by Gasteiger charge is 2.15. The summed E-state index contributed by atoms with van der Waals surface area (Å²) in [6, 6.07) is 7.78. The van der Waals surface area contributed by atoms with E-state index in [2.05, 4.69) is 10.3 Å². The van der Waals surface area contributed by atoms with Gasteiger partial charge >= 0.3 is 0 Å². The van der Waals surface area contributed by atoms with Crippen molar-refractivity contribution in [3.63, 3.8) is 0 Å². The minimum absolute atomic E-state index is 0.598. The highest BCUT2D eigenvalue weighted by molar-refractivity contribution is 5.56. The third kappa shape index (κ3) is 3.37. The van der Waals surface area contributed by atoms with Crippen molar-refractivity contribution in [1.29, 1.82) is 0 Å². The first kappa shape index (κ1) is 15.0. The number of benzene rings is 1. The number of rotatable bonds is 6. The SMILES string of the molecule is COc1ccc(CNc2ccc(C)nc2)c(OC)c1OC. The number of methoxy groups -OCH3 is 3. The molecule has 21 heavy (non-hydrogen) atoms. The van der Waals surface area contributed by atoms with Crippen LogP contribution in [0.3, 0.4) is 0 Å². The zero-order valence-corrected chi connectivity index (χ0v) is 12.8. The lowest BCUT2D eigenvalue weighted by Crippen LogP contribution is -2.04. The van der Waals surface area contributed by atoms with E-state index in [0.717, 1.165) is 16.9 Å². The number of anilines is 1. The molecule has 0 bridgehead atoms. The highest BCUT2D eigenvalue weighted by atomic mass is 16.5. The number of aromatic nitrogens is 1. The quantitative estimate of drug-likeness (QED) is 0.885. The first-order chi connectivity index (χ1) is 10.2. The molecular weight excluding hydrogens is 268 g/mol. The van der Waals surface area contributed by atoms with Crippen LogP contribution < -0.4 is 19.5 Å². The van der Waals surface area contributed by atoms with Crippen LogP contribution in [0.2, 0.25) is 0 Å². The van der Waals surface area contributed by atoms with Gasteiger partial charge < -0.3 is 19.5 Å². The summed E-state index contributed by atoms with van der Waals surface area (Å²) in [5.74, 6) is 1.92. The molecule has 0 aliphatic rings. The Hall–Kier alpha value is -2.43. The average Bonchev–Trinajstić information content (AvgIpc) is 2.53. The minimum Gasteiger partial charge on any atom is -0.493 e. The topological polar surface area (TPSA) is 52.6 Å². The molecule has 1 heterocycles. The lowest BCUT2D eigenvalue weighted by Gasteiger charge is -2.16. The van der Waals surface area contributed by atoms with Crippen LogP contribution in [-0.2, 0) is 6.54 Å². The van der Waals surface area contributed by atoms with Crippen LogP contribution in [0.15, 0.2) is 30.5 Å². The number of aryl methyl sites for hydroxylation is 1. The van der Waals surface area contributed by atoms with Gasteiger partial charge in [0.2, 0.25) is 5.75 Å². The van der Waals surface area contributed by atoms with Crippen LogP contribution in [0.4, 0.5) is 5.69 Å². The third-order valence-corrected chi connectivity index (χ3v) is 3.18. The van der Waals surface area contributed by atoms with Crippen LogP contribution in [0.5, 0.6) is 17.2 Å². The fourth-order valence-electron chi connectivity index (χ4n) is 2.07. The molecule has 1 aromatic heterocycles. The van der Waals surface area contributed by atoms with Crippen molar-refractivity contribution in [2.24, 2.45) is 0 Å². The molecule has 0 saturated carbocycles. The van der Waals surface area contributed by atoms with Crippen LogP contribution in [0.25, 0.3) is 0 Å². The molecule has 0 aliphatic carbocycles. The highest BCUT2D eigenvalue weighted by Crippen LogP contribution is 2.39. The molecular formula is C16H20N2O3. The van der Waals surface area contributed by atoms with E-state index >= 15 is 0 Å². The molecule has 1 aromatic carbocycles. The first-order valence-corrected chi connectivity index (χ1v) is 6.64. The second-order valence-corrected chi connectivity index (χ2v) is 4.54. The number of hydrogen-bond acceptors (Lipinski definition) is 5. The number of nitrogens with one attached hydrogen (secondary N) is 1. The zero-order valence-electron chi connectivity index (χ0n) is 12.8. The molecule has 5 nitrogen and oxygen atoms in total. The maximum absolute atomic E-state index is 5.46. The number of ether oxygens (including phenoxy) is 3. The summed E-state index contributed by atoms with van der Waals surface area (Å²) in [6.07, 6.45) is 1.81. The van der Waals surface area contributed by atoms with Crippen molar-refractivity contribution in [3.05, 3.63) is 41.7 Å². The van der Waals surface area contributed by atoms with Crippen molar-refractivity contribution >= 4 is 5.69 Å². The van der Waals surface area contributed by atoms with Gasteiger partial charge in [-0.3, -0.25) is 4.98 Å². The van der Waals surface area contributed by atoms with Crippen molar-refractivity contribution < 1.29 is 14.2 Å². The molecule has 0 fully saturated rings. The van der Waals surface area contributed by atoms with Crippen LogP contribution in [0, 0.1) is 6.92 Å². The monoisotopic (exact) mass is 288 g/mol. The van der Waals surface area contributed by atoms with E-state index in [0.29, 0.717) is 23.8 Å². The van der Waals surface area contributed by atoms with Crippen molar-refractivity contribution in [1.82, 2.24) is 4.98 Å². The molecule has 0 spiro atoms. The number of hydrogen-bond donors (Lipinski definition) is 1. The Morgan fingerprint density at radius 3 is 2.29 bits per heavy atom. The summed E-state index contributed by atoms with van der Waals surface area (Å²) in [5, 5.41) is 3.31. The summed E-state index contributed by atoms with van der Waals surface area (Å²) < 4.78 is 16.1. The fourth-order valence-corrected chi connectivity index (χ4v) is 2.07. The summed E-state index contributed by atoms with van der Waals surface area (Å²) >= 11 is 0. The summed E-state index contributed by atoms with van der Waals surface area (Å²) in [4.78, 5) is 4.26. The van der Waals surface area contributed by atoms with E-state index in [1.807, 2.05) is 37.4 Å². The summed E-state index contributed by atoms with van der Waals surface area (Å²) in [6.45, 7) is 2.56. The smallest absolute Gasteiger partial charge is 0.203 e. The standard InChI is InChI=1S/C16H20N2O3/c1-11-5-7-13(10-17-11)18-9-12-6-8-14(19-2)16(21-4)15(12)20-3/h5-8,10,18H,9H2,1-4H3. The second-order valence-electron chi connectivity index (χ2n) is 4.54. The Morgan fingerprint density at radius 1 is 0.952 bits per heavy atom. The van der Waals surface area contributed by atoms with E-state index in [-0.39, 0.29) is 0 Å². The van der Waals surface area contributed by atoms with E-state index in [1.165, 1.54) is 0 Å². The molecule has 5 heteroatoms. The minimum atomic E-state index is 0.598. The van der Waals surface area contributed by atoms with Gasteiger partial charge in [-0.2, -0.15) is 0 Å². The Balaban J connectivity index is 2.21. The van der Waals surface area contributed by atoms with Gasteiger partial charge in [-0.05, 0) is 31.2 Å². The van der Waals surface area contributed by atoms with Crippen molar-refractivity contribution in [3.8, 4) is 17.2 Å². The van der Waals surface area contributed by atoms with Gasteiger partial charge in [0.1, 0.15) is 0 Å². The Kier molecular flexibility index (Phi) is 4.87. The summed E-state index contributed by atoms with van der Waals surface area (Å²) in [5.41, 5.74) is 2.93. The maximum Gasteiger partial charge on any atom is 0.203 e. The van der Waals surface area contributed by atoms with Crippen LogP contribution in [0.1, 0.15) is 11.3 Å². The number of nitrogens with zero attached hydrogens (tertiary/aromatic N) is 1. The lowest BCUT2D eigenvalue weighted by atomic mass is 10.1. The van der Waals surface area contributed by atoms with Crippen molar-refractivity contribution in [2.75, 3.05) is 26.6 Å². The van der Waals surface area contributed by atoms with Crippen molar-refractivity contribution in [2.45, 2.75) is 13.5 Å². The third-order valence-electron chi connectivity index (χ3n) is 3.18. The molecule has 0 amide bonds. The molecule has 0 aliphatic heterocycles. The predicted octanol–water partition coefficient (Wildman–Crippen LogP) is 3.03. The average molecular weight is 288 g/mol. The lowest BCUT2D eigenvalue weighted by molar-refractivity contribution is 0.322. The largest absolute Gasteiger partial charge is 0.493 e.